The number of rotatable bonds is 5. The van der Waals surface area contributed by atoms with Gasteiger partial charge in [0.15, 0.2) is 0 Å². The predicted molar refractivity (Wildman–Crippen MR) is 80.0 cm³/mol. The van der Waals surface area contributed by atoms with Crippen molar-refractivity contribution in [2.45, 2.75) is 31.9 Å². The molecule has 4 heteroatoms. The van der Waals surface area contributed by atoms with Gasteiger partial charge in [0, 0.05) is 25.1 Å². The van der Waals surface area contributed by atoms with Crippen LogP contribution >= 0.6 is 0 Å². The van der Waals surface area contributed by atoms with Gasteiger partial charge in [-0.15, -0.1) is 0 Å². The van der Waals surface area contributed by atoms with E-state index in [0.717, 1.165) is 24.9 Å². The molecule has 1 saturated carbocycles. The fourth-order valence-electron chi connectivity index (χ4n) is 2.66. The van der Waals surface area contributed by atoms with Crippen LogP contribution in [0.5, 0.6) is 0 Å². The molecule has 1 fully saturated rings. The van der Waals surface area contributed by atoms with Gasteiger partial charge < -0.3 is 15.1 Å². The van der Waals surface area contributed by atoms with Gasteiger partial charge in [0.05, 0.1) is 12.7 Å². The summed E-state index contributed by atoms with van der Waals surface area (Å²) in [4.78, 5) is 2.18. The Morgan fingerprint density at radius 1 is 1.38 bits per heavy atom. The van der Waals surface area contributed by atoms with Gasteiger partial charge in [-0.25, -0.2) is 4.39 Å². The van der Waals surface area contributed by atoms with Gasteiger partial charge in [-0.05, 0) is 43.5 Å². The summed E-state index contributed by atoms with van der Waals surface area (Å²) in [6, 6.07) is 4.67. The Hall–Kier alpha value is -1.41. The molecule has 21 heavy (non-hydrogen) atoms. The average molecular weight is 291 g/mol. The first-order valence-corrected chi connectivity index (χ1v) is 7.33. The third-order valence-corrected chi connectivity index (χ3v) is 3.75. The van der Waals surface area contributed by atoms with Crippen LogP contribution in [-0.2, 0) is 6.54 Å². The summed E-state index contributed by atoms with van der Waals surface area (Å²) in [6.45, 7) is 1.65. The lowest BCUT2D eigenvalue weighted by Gasteiger charge is -2.34. The molecular weight excluding hydrogens is 269 g/mol. The van der Waals surface area contributed by atoms with E-state index >= 15 is 0 Å². The highest BCUT2D eigenvalue weighted by Crippen LogP contribution is 2.28. The summed E-state index contributed by atoms with van der Waals surface area (Å²) >= 11 is 0. The van der Waals surface area contributed by atoms with Gasteiger partial charge in [-0.2, -0.15) is 0 Å². The first kappa shape index (κ1) is 16.0. The highest BCUT2D eigenvalue weighted by atomic mass is 19.1. The van der Waals surface area contributed by atoms with Crippen LogP contribution in [0.1, 0.15) is 30.4 Å². The maximum Gasteiger partial charge on any atom is 0.124 e. The Morgan fingerprint density at radius 2 is 2.14 bits per heavy atom. The number of halogens is 1. The lowest BCUT2D eigenvalue weighted by atomic mass is 9.82. The minimum atomic E-state index is -0.295. The maximum atomic E-state index is 13.4. The molecular formula is C17H22FNO2. The molecule has 0 spiro atoms. The minimum Gasteiger partial charge on any atom is -0.395 e. The van der Waals surface area contributed by atoms with Gasteiger partial charge in [-0.1, -0.05) is 17.9 Å². The molecule has 3 nitrogen and oxygen atoms in total. The van der Waals surface area contributed by atoms with Gasteiger partial charge in [0.2, 0.25) is 0 Å². The molecule has 1 aliphatic rings. The number of nitrogens with zero attached hydrogens (tertiary/aromatic N) is 1. The van der Waals surface area contributed by atoms with E-state index in [2.05, 4.69) is 16.7 Å². The predicted octanol–water partition coefficient (Wildman–Crippen LogP) is 1.76. The zero-order valence-electron chi connectivity index (χ0n) is 12.3. The van der Waals surface area contributed by atoms with Crippen molar-refractivity contribution < 1.29 is 14.6 Å². The minimum absolute atomic E-state index is 0.0154. The van der Waals surface area contributed by atoms with Crippen LogP contribution in [0.25, 0.3) is 0 Å². The van der Waals surface area contributed by atoms with E-state index < -0.39 is 0 Å². The SMILES string of the molecule is CN(Cc1ccc(F)cc1C#CCCO)CC1CC(O)C1. The van der Waals surface area contributed by atoms with Gasteiger partial charge in [-0.3, -0.25) is 0 Å². The zero-order chi connectivity index (χ0) is 15.2. The summed E-state index contributed by atoms with van der Waals surface area (Å²) in [5.41, 5.74) is 1.67. The lowest BCUT2D eigenvalue weighted by molar-refractivity contribution is 0.0273. The van der Waals surface area contributed by atoms with Gasteiger partial charge >= 0.3 is 0 Å². The Bertz CT molecular complexity index is 529. The molecule has 0 radical (unpaired) electrons. The Balaban J connectivity index is 1.99. The summed E-state index contributed by atoms with van der Waals surface area (Å²) in [5.74, 6) is 6.03. The average Bonchev–Trinajstić information content (AvgIpc) is 2.40. The third kappa shape index (κ3) is 4.82. The molecule has 1 aliphatic carbocycles. The van der Waals surface area contributed by atoms with E-state index in [9.17, 15) is 9.50 Å². The van der Waals surface area contributed by atoms with Crippen LogP contribution in [0.15, 0.2) is 18.2 Å². The van der Waals surface area contributed by atoms with Crippen molar-refractivity contribution in [1.29, 1.82) is 0 Å². The van der Waals surface area contributed by atoms with Crippen molar-refractivity contribution in [2.75, 3.05) is 20.2 Å². The van der Waals surface area contributed by atoms with Crippen LogP contribution in [0.3, 0.4) is 0 Å². The van der Waals surface area contributed by atoms with Crippen molar-refractivity contribution in [2.24, 2.45) is 5.92 Å². The normalized spacial score (nSPS) is 20.8. The molecule has 2 rings (SSSR count). The molecule has 0 atom stereocenters. The standard InChI is InChI=1S/C17H22FNO2/c1-19(11-13-8-17(21)9-13)12-15-5-6-16(18)10-14(15)4-2-3-7-20/h5-6,10,13,17,20-21H,3,7-9,11-12H2,1H3. The van der Waals surface area contributed by atoms with Crippen LogP contribution < -0.4 is 0 Å². The van der Waals surface area contributed by atoms with Gasteiger partial charge in [0.1, 0.15) is 5.82 Å². The smallest absolute Gasteiger partial charge is 0.124 e. The van der Waals surface area contributed by atoms with E-state index in [-0.39, 0.29) is 18.5 Å². The summed E-state index contributed by atoms with van der Waals surface area (Å²) in [7, 11) is 2.03. The number of aliphatic hydroxyl groups excluding tert-OH is 2. The summed E-state index contributed by atoms with van der Waals surface area (Å²) in [6.07, 6.45) is 2.01. The molecule has 1 aromatic carbocycles. The first-order chi connectivity index (χ1) is 10.1. The molecule has 114 valence electrons. The molecule has 2 N–H and O–H groups in total. The monoisotopic (exact) mass is 291 g/mol. The van der Waals surface area contributed by atoms with Crippen molar-refractivity contribution >= 4 is 0 Å². The van der Waals surface area contributed by atoms with Gasteiger partial charge in [0.25, 0.3) is 0 Å². The summed E-state index contributed by atoms with van der Waals surface area (Å²) in [5, 5.41) is 18.1. The van der Waals surface area contributed by atoms with Crippen LogP contribution in [0.4, 0.5) is 4.39 Å². The second-order valence-corrected chi connectivity index (χ2v) is 5.76. The largest absolute Gasteiger partial charge is 0.395 e. The molecule has 0 bridgehead atoms. The van der Waals surface area contributed by atoms with Crippen LogP contribution in [-0.4, -0.2) is 41.4 Å². The molecule has 1 aromatic rings. The van der Waals surface area contributed by atoms with E-state index in [1.54, 1.807) is 6.07 Å². The molecule has 0 saturated heterocycles. The second-order valence-electron chi connectivity index (χ2n) is 5.76. The van der Waals surface area contributed by atoms with Crippen molar-refractivity contribution in [3.8, 4) is 11.8 Å². The van der Waals surface area contributed by atoms with E-state index in [1.165, 1.54) is 12.1 Å². The molecule has 0 unspecified atom stereocenters. The third-order valence-electron chi connectivity index (χ3n) is 3.75. The van der Waals surface area contributed by atoms with Crippen molar-refractivity contribution in [3.05, 3.63) is 35.1 Å². The van der Waals surface area contributed by atoms with E-state index in [4.69, 9.17) is 5.11 Å². The number of aliphatic hydroxyl groups is 2. The lowest BCUT2D eigenvalue weighted by Crippen LogP contribution is -2.36. The summed E-state index contributed by atoms with van der Waals surface area (Å²) < 4.78 is 13.4. The Morgan fingerprint density at radius 3 is 2.81 bits per heavy atom. The zero-order valence-corrected chi connectivity index (χ0v) is 12.3. The highest BCUT2D eigenvalue weighted by Gasteiger charge is 2.27. The second kappa shape index (κ2) is 7.56. The highest BCUT2D eigenvalue weighted by molar-refractivity contribution is 5.41. The molecule has 0 aromatic heterocycles. The molecule has 0 amide bonds. The number of benzene rings is 1. The molecule has 0 heterocycles. The Kier molecular flexibility index (Phi) is 5.75. The Labute approximate surface area is 125 Å². The topological polar surface area (TPSA) is 43.7 Å². The maximum absolute atomic E-state index is 13.4. The van der Waals surface area contributed by atoms with Crippen molar-refractivity contribution in [3.63, 3.8) is 0 Å². The van der Waals surface area contributed by atoms with Crippen LogP contribution in [0.2, 0.25) is 0 Å². The fraction of sp³-hybridized carbons (Fsp3) is 0.529. The van der Waals surface area contributed by atoms with E-state index in [0.29, 0.717) is 24.4 Å². The fourth-order valence-corrected chi connectivity index (χ4v) is 2.66. The van der Waals surface area contributed by atoms with E-state index in [1.807, 2.05) is 7.05 Å². The van der Waals surface area contributed by atoms with Crippen molar-refractivity contribution in [1.82, 2.24) is 4.90 Å². The molecule has 0 aliphatic heterocycles. The van der Waals surface area contributed by atoms with Crippen LogP contribution in [0, 0.1) is 23.6 Å². The number of hydrogen-bond donors (Lipinski definition) is 2. The first-order valence-electron chi connectivity index (χ1n) is 7.33. The quantitative estimate of drug-likeness (QED) is 0.813. The number of hydrogen-bond acceptors (Lipinski definition) is 3.